The van der Waals surface area contributed by atoms with Crippen molar-refractivity contribution in [3.05, 3.63) is 58.4 Å². The lowest BCUT2D eigenvalue weighted by Crippen LogP contribution is -2.56. The first-order valence-corrected chi connectivity index (χ1v) is 11.5. The van der Waals surface area contributed by atoms with Crippen LogP contribution in [0.5, 0.6) is 0 Å². The third kappa shape index (κ3) is 3.10. The molecule has 1 N–H and O–H groups in total. The van der Waals surface area contributed by atoms with Crippen molar-refractivity contribution in [3.8, 4) is 0 Å². The Morgan fingerprint density at radius 2 is 1.60 bits per heavy atom. The zero-order chi connectivity index (χ0) is 20.9. The lowest BCUT2D eigenvalue weighted by Gasteiger charge is -2.50. The van der Waals surface area contributed by atoms with E-state index in [-0.39, 0.29) is 11.4 Å². The van der Waals surface area contributed by atoms with Crippen LogP contribution in [0.1, 0.15) is 60.1 Å². The van der Waals surface area contributed by atoms with Crippen LogP contribution in [0.25, 0.3) is 0 Å². The fourth-order valence-electron chi connectivity index (χ4n) is 5.81. The maximum atomic E-state index is 13.1. The summed E-state index contributed by atoms with van der Waals surface area (Å²) in [7, 11) is 2.19. The molecule has 5 rings (SSSR count). The van der Waals surface area contributed by atoms with Gasteiger partial charge in [0, 0.05) is 37.4 Å². The monoisotopic (exact) mass is 427 g/mol. The normalized spacial score (nSPS) is 23.0. The van der Waals surface area contributed by atoms with E-state index in [1.807, 2.05) is 35.2 Å². The molecule has 160 valence electrons. The minimum atomic E-state index is -0.708. The van der Waals surface area contributed by atoms with E-state index in [2.05, 4.69) is 22.6 Å². The van der Waals surface area contributed by atoms with Crippen LogP contribution in [0.2, 0.25) is 5.15 Å². The molecule has 0 bridgehead atoms. The van der Waals surface area contributed by atoms with Gasteiger partial charge in [0.05, 0.1) is 11.1 Å². The Balaban J connectivity index is 1.31. The highest BCUT2D eigenvalue weighted by Gasteiger charge is 2.45. The van der Waals surface area contributed by atoms with Crippen molar-refractivity contribution in [2.24, 2.45) is 0 Å². The Morgan fingerprint density at radius 1 is 0.933 bits per heavy atom. The summed E-state index contributed by atoms with van der Waals surface area (Å²) in [4.78, 5) is 17.6. The number of rotatable bonds is 2. The average molecular weight is 428 g/mol. The van der Waals surface area contributed by atoms with Crippen molar-refractivity contribution in [2.75, 3.05) is 26.7 Å². The molecule has 0 atom stereocenters. The molecule has 1 saturated heterocycles. The highest BCUT2D eigenvalue weighted by atomic mass is 35.5. The van der Waals surface area contributed by atoms with Crippen LogP contribution in [-0.4, -0.2) is 52.1 Å². The Labute approximate surface area is 183 Å². The average Bonchev–Trinajstić information content (AvgIpc) is 3.38. The van der Waals surface area contributed by atoms with Gasteiger partial charge in [-0.2, -0.15) is 0 Å². The van der Waals surface area contributed by atoms with E-state index in [9.17, 15) is 9.90 Å². The fourth-order valence-corrected chi connectivity index (χ4v) is 6.05. The third-order valence-corrected chi connectivity index (χ3v) is 8.10. The number of hydrogen-bond donors (Lipinski definition) is 1. The van der Waals surface area contributed by atoms with Gasteiger partial charge in [-0.05, 0) is 62.6 Å². The molecule has 5 nitrogen and oxygen atoms in total. The second-order valence-electron chi connectivity index (χ2n) is 9.25. The quantitative estimate of drug-likeness (QED) is 0.788. The smallest absolute Gasteiger partial charge is 0.253 e. The first-order valence-electron chi connectivity index (χ1n) is 11.1. The first-order chi connectivity index (χ1) is 14.4. The molecular weight excluding hydrogens is 398 g/mol. The van der Waals surface area contributed by atoms with E-state index in [0.29, 0.717) is 5.56 Å². The highest BCUT2D eigenvalue weighted by molar-refractivity contribution is 6.29. The Kier molecular flexibility index (Phi) is 4.96. The number of halogens is 1. The molecule has 0 unspecified atom stereocenters. The maximum Gasteiger partial charge on any atom is 0.253 e. The Bertz CT molecular complexity index is 938. The number of piperidine rings is 1. The summed E-state index contributed by atoms with van der Waals surface area (Å²) in [5.41, 5.74) is 2.18. The predicted molar refractivity (Wildman–Crippen MR) is 118 cm³/mol. The summed E-state index contributed by atoms with van der Waals surface area (Å²) in [5.74, 6) is 0.0849. The van der Waals surface area contributed by atoms with Gasteiger partial charge in [0.15, 0.2) is 0 Å². The molecular formula is C24H30ClN3O2. The minimum absolute atomic E-state index is 0.0439. The zero-order valence-corrected chi connectivity index (χ0v) is 18.4. The van der Waals surface area contributed by atoms with Crippen LogP contribution >= 0.6 is 11.6 Å². The number of likely N-dealkylation sites (N-methyl/N-ethyl adjacent to an activating group) is 1. The third-order valence-electron chi connectivity index (χ3n) is 7.77. The second kappa shape index (κ2) is 7.40. The molecule has 1 saturated carbocycles. The molecule has 1 amide bonds. The van der Waals surface area contributed by atoms with E-state index in [1.54, 1.807) is 0 Å². The lowest BCUT2D eigenvalue weighted by atomic mass is 9.81. The number of nitrogens with zero attached hydrogens (tertiary/aromatic N) is 3. The Hall–Kier alpha value is -1.82. The molecule has 1 aliphatic carbocycles. The number of aromatic nitrogens is 1. The number of hydrogen-bond acceptors (Lipinski definition) is 3. The SMILES string of the molecule is CN1CCn2c(Cl)ccc2C12CCN(C(=O)c1ccc(C3(O)CCCC3)cc1)CC2. The number of amides is 1. The van der Waals surface area contributed by atoms with E-state index >= 15 is 0 Å². The van der Waals surface area contributed by atoms with Crippen LogP contribution in [0.4, 0.5) is 0 Å². The number of aliphatic hydroxyl groups is 1. The van der Waals surface area contributed by atoms with Crippen LogP contribution in [0.15, 0.2) is 36.4 Å². The van der Waals surface area contributed by atoms with Gasteiger partial charge in [0.2, 0.25) is 0 Å². The number of fused-ring (bicyclic) bond motifs is 2. The van der Waals surface area contributed by atoms with E-state index in [4.69, 9.17) is 11.6 Å². The van der Waals surface area contributed by atoms with Gasteiger partial charge in [-0.15, -0.1) is 0 Å². The van der Waals surface area contributed by atoms with Gasteiger partial charge in [-0.1, -0.05) is 36.6 Å². The first kappa shape index (κ1) is 20.1. The standard InChI is InChI=1S/C24H30ClN3O2/c1-26-16-17-28-20(8-9-21(28)25)23(26)12-14-27(15-13-23)22(29)18-4-6-19(7-5-18)24(30)10-2-3-11-24/h4-9,30H,2-3,10-17H2,1H3. The molecule has 0 radical (unpaired) electrons. The molecule has 3 heterocycles. The summed E-state index contributed by atoms with van der Waals surface area (Å²) in [6.07, 6.45) is 5.58. The fraction of sp³-hybridized carbons (Fsp3) is 0.542. The second-order valence-corrected chi connectivity index (χ2v) is 9.64. The summed E-state index contributed by atoms with van der Waals surface area (Å²) >= 11 is 6.40. The minimum Gasteiger partial charge on any atom is -0.385 e. The summed E-state index contributed by atoms with van der Waals surface area (Å²) < 4.78 is 2.23. The van der Waals surface area contributed by atoms with Crippen molar-refractivity contribution >= 4 is 17.5 Å². The summed E-state index contributed by atoms with van der Waals surface area (Å²) in [5, 5.41) is 11.6. The van der Waals surface area contributed by atoms with Gasteiger partial charge in [0.1, 0.15) is 5.15 Å². The molecule has 3 aliphatic rings. The van der Waals surface area contributed by atoms with E-state index < -0.39 is 5.60 Å². The van der Waals surface area contributed by atoms with Gasteiger partial charge in [-0.3, -0.25) is 9.69 Å². The lowest BCUT2D eigenvalue weighted by molar-refractivity contribution is 0.0131. The molecule has 1 aromatic heterocycles. The predicted octanol–water partition coefficient (Wildman–Crippen LogP) is 3.98. The Morgan fingerprint density at radius 3 is 2.27 bits per heavy atom. The number of likely N-dealkylation sites (tertiary alicyclic amines) is 1. The van der Waals surface area contributed by atoms with Gasteiger partial charge < -0.3 is 14.6 Å². The van der Waals surface area contributed by atoms with Crippen molar-refractivity contribution < 1.29 is 9.90 Å². The van der Waals surface area contributed by atoms with Crippen molar-refractivity contribution in [1.82, 2.24) is 14.4 Å². The van der Waals surface area contributed by atoms with Gasteiger partial charge in [0.25, 0.3) is 5.91 Å². The summed E-state index contributed by atoms with van der Waals surface area (Å²) in [6.45, 7) is 3.36. The number of benzene rings is 1. The molecule has 1 aromatic carbocycles. The van der Waals surface area contributed by atoms with Crippen LogP contribution in [0, 0.1) is 0 Å². The van der Waals surface area contributed by atoms with Crippen LogP contribution < -0.4 is 0 Å². The van der Waals surface area contributed by atoms with Crippen LogP contribution in [-0.2, 0) is 17.7 Å². The van der Waals surface area contributed by atoms with Crippen molar-refractivity contribution in [2.45, 2.75) is 56.2 Å². The van der Waals surface area contributed by atoms with Crippen molar-refractivity contribution in [1.29, 1.82) is 0 Å². The van der Waals surface area contributed by atoms with Crippen LogP contribution in [0.3, 0.4) is 0 Å². The van der Waals surface area contributed by atoms with Gasteiger partial charge in [-0.25, -0.2) is 0 Å². The zero-order valence-electron chi connectivity index (χ0n) is 17.6. The molecule has 6 heteroatoms. The molecule has 1 spiro atoms. The van der Waals surface area contributed by atoms with Crippen molar-refractivity contribution in [3.63, 3.8) is 0 Å². The van der Waals surface area contributed by atoms with Gasteiger partial charge >= 0.3 is 0 Å². The number of carbonyl (C=O) groups excluding carboxylic acids is 1. The molecule has 30 heavy (non-hydrogen) atoms. The number of carbonyl (C=O) groups is 1. The maximum absolute atomic E-state index is 13.1. The topological polar surface area (TPSA) is 48.7 Å². The molecule has 2 aromatic rings. The molecule has 2 aliphatic heterocycles. The van der Waals surface area contributed by atoms with E-state index in [0.717, 1.165) is 75.4 Å². The highest BCUT2D eigenvalue weighted by Crippen LogP contribution is 2.42. The van der Waals surface area contributed by atoms with E-state index in [1.165, 1.54) is 5.69 Å². The molecule has 2 fully saturated rings. The summed E-state index contributed by atoms with van der Waals surface area (Å²) in [6, 6.07) is 11.8. The largest absolute Gasteiger partial charge is 0.385 e.